The molecule has 43 heteroatoms. The maximum absolute atomic E-state index is 12.9. The first-order valence-electron chi connectivity index (χ1n) is 30.2. The molecule has 0 aromatic carbocycles. The number of aliphatic carboxylic acids is 1. The number of ether oxygens (including phenoxy) is 13. The number of carbonyl (C=O) groups is 5. The minimum absolute atomic E-state index is 0.736. The summed E-state index contributed by atoms with van der Waals surface area (Å²) in [5.74, 6) is -8.40. The van der Waals surface area contributed by atoms with Crippen LogP contribution in [0.15, 0.2) is 0 Å². The highest BCUT2D eigenvalue weighted by atomic mass is 16.8. The van der Waals surface area contributed by atoms with Crippen molar-refractivity contribution in [3.05, 3.63) is 0 Å². The van der Waals surface area contributed by atoms with Crippen LogP contribution in [0.3, 0.4) is 0 Å². The summed E-state index contributed by atoms with van der Waals surface area (Å²) in [6.07, 6.45) is -64.7. The third kappa shape index (κ3) is 17.5. The predicted molar refractivity (Wildman–Crippen MR) is 295 cm³/mol. The molecule has 0 saturated carbocycles. The van der Waals surface area contributed by atoms with Gasteiger partial charge in [-0.25, -0.2) is 4.79 Å². The zero-order valence-electron chi connectivity index (χ0n) is 51.6. The summed E-state index contributed by atoms with van der Waals surface area (Å²) < 4.78 is 75.4. The second-order valence-electron chi connectivity index (χ2n) is 24.0. The molecule has 7 aliphatic rings. The molecule has 0 bridgehead atoms. The number of carbonyl (C=O) groups excluding carboxylic acids is 4. The van der Waals surface area contributed by atoms with Gasteiger partial charge < -0.3 is 190 Å². The monoisotopic (exact) mass is 1400 g/mol. The van der Waals surface area contributed by atoms with E-state index in [1.807, 2.05) is 0 Å². The van der Waals surface area contributed by atoms with Crippen LogP contribution >= 0.6 is 0 Å². The van der Waals surface area contributed by atoms with Crippen LogP contribution < -0.4 is 21.3 Å². The Bertz CT molecular complexity index is 2540. The van der Waals surface area contributed by atoms with Gasteiger partial charge in [-0.15, -0.1) is 0 Å². The first-order valence-corrected chi connectivity index (χ1v) is 30.2. The molecule has 43 nitrogen and oxygen atoms in total. The second kappa shape index (κ2) is 34.1. The molecule has 7 fully saturated rings. The highest BCUT2D eigenvalue weighted by Crippen LogP contribution is 2.39. The van der Waals surface area contributed by atoms with Crippen molar-refractivity contribution in [2.45, 2.75) is 254 Å². The number of aliphatic hydroxyl groups excluding tert-OH is 20. The topological polar surface area (TPSA) is 678 Å². The molecule has 0 radical (unpaired) electrons. The quantitative estimate of drug-likeness (QED) is 0.0382. The van der Waals surface area contributed by atoms with Crippen molar-refractivity contribution >= 4 is 29.6 Å². The van der Waals surface area contributed by atoms with Crippen LogP contribution in [0.4, 0.5) is 0 Å². The summed E-state index contributed by atoms with van der Waals surface area (Å²) in [6.45, 7) is -3.72. The van der Waals surface area contributed by atoms with Gasteiger partial charge in [0.15, 0.2) is 37.7 Å². The fraction of sp³-hybridized carbons (Fsp3) is 0.906. The molecule has 0 aromatic rings. The van der Waals surface area contributed by atoms with E-state index in [2.05, 4.69) is 21.3 Å². The molecule has 0 aromatic heterocycles. The van der Waals surface area contributed by atoms with E-state index in [0.29, 0.717) is 0 Å². The summed E-state index contributed by atoms with van der Waals surface area (Å²) in [5, 5.41) is 239. The van der Waals surface area contributed by atoms with Gasteiger partial charge in [0.2, 0.25) is 23.6 Å². The van der Waals surface area contributed by atoms with Crippen LogP contribution in [0, 0.1) is 0 Å². The molecule has 7 aliphatic heterocycles. The molecule has 0 unspecified atom stereocenters. The number of amides is 4. The lowest BCUT2D eigenvalue weighted by Crippen LogP contribution is -2.71. The van der Waals surface area contributed by atoms with Crippen molar-refractivity contribution in [3.63, 3.8) is 0 Å². The van der Waals surface area contributed by atoms with Gasteiger partial charge in [0.25, 0.3) is 5.79 Å². The number of nitrogens with one attached hydrogen (secondary N) is 4. The molecule has 0 spiro atoms. The van der Waals surface area contributed by atoms with Gasteiger partial charge in [-0.3, -0.25) is 19.2 Å². The Morgan fingerprint density at radius 3 is 1.28 bits per heavy atom. The zero-order valence-corrected chi connectivity index (χ0v) is 51.6. The van der Waals surface area contributed by atoms with Crippen molar-refractivity contribution in [1.29, 1.82) is 0 Å². The maximum atomic E-state index is 12.9. The Kier molecular flexibility index (Phi) is 28.2. The van der Waals surface area contributed by atoms with Gasteiger partial charge in [-0.05, 0) is 0 Å². The summed E-state index contributed by atoms with van der Waals surface area (Å²) in [4.78, 5) is 62.3. The predicted octanol–water partition coefficient (Wildman–Crippen LogP) is -16.5. The van der Waals surface area contributed by atoms with Crippen molar-refractivity contribution in [2.75, 3.05) is 46.2 Å². The van der Waals surface area contributed by atoms with E-state index in [-0.39, 0.29) is 0 Å². The summed E-state index contributed by atoms with van der Waals surface area (Å²) in [6, 6.07) is -6.93. The second-order valence-corrected chi connectivity index (χ2v) is 24.0. The van der Waals surface area contributed by atoms with Crippen molar-refractivity contribution in [2.24, 2.45) is 0 Å². The zero-order chi connectivity index (χ0) is 71.3. The molecule has 96 heavy (non-hydrogen) atoms. The van der Waals surface area contributed by atoms with Crippen LogP contribution in [0.2, 0.25) is 0 Å². The van der Waals surface area contributed by atoms with Crippen molar-refractivity contribution in [3.8, 4) is 0 Å². The van der Waals surface area contributed by atoms with E-state index in [1.54, 1.807) is 0 Å². The van der Waals surface area contributed by atoms with Gasteiger partial charge in [0, 0.05) is 34.1 Å². The van der Waals surface area contributed by atoms with E-state index >= 15 is 0 Å². The highest BCUT2D eigenvalue weighted by Gasteiger charge is 2.61. The number of hydrogen-bond donors (Lipinski definition) is 25. The first-order chi connectivity index (χ1) is 45.2. The highest BCUT2D eigenvalue weighted by molar-refractivity contribution is 5.77. The molecular weight excluding hydrogens is 1320 g/mol. The molecular formula is C53H88N4O39. The van der Waals surface area contributed by atoms with Crippen LogP contribution in [-0.4, -0.2) is 403 Å². The van der Waals surface area contributed by atoms with Crippen molar-refractivity contribution < 1.29 is 193 Å². The minimum Gasteiger partial charge on any atom is -0.477 e. The van der Waals surface area contributed by atoms with E-state index in [9.17, 15) is 131 Å². The van der Waals surface area contributed by atoms with Crippen LogP contribution in [0.25, 0.3) is 0 Å². The molecule has 25 N–H and O–H groups in total. The third-order valence-corrected chi connectivity index (χ3v) is 17.1. The fourth-order valence-corrected chi connectivity index (χ4v) is 12.2. The fourth-order valence-electron chi connectivity index (χ4n) is 12.2. The van der Waals surface area contributed by atoms with E-state index in [0.717, 1.165) is 27.7 Å². The summed E-state index contributed by atoms with van der Waals surface area (Å²) in [7, 11) is 0. The third-order valence-electron chi connectivity index (χ3n) is 17.1. The van der Waals surface area contributed by atoms with Crippen LogP contribution in [0.5, 0.6) is 0 Å². The standard InChI is InChI=1S/C53H88N4O39/c1-13(64)54-25-17(68)5-53(52(82)83,96-43(25)29(70)18(69)6-58)84-12-24-31(72)36(77)38(79)49(90-24)92-41-22(10-62)89-48(28(35(41)76)57-16(4)67)95-45-37(78)30(71)19(7-59)87-51(45)94-44-32(73)20(8-60)86-50(39(44)80)93-42-23(11-63)88-47(27(34(42)75)56-15(3)66)91-40-21(9-61)85-46(81)26(33(40)74)55-14(2)65/h17-51,58-63,68-81H,5-12H2,1-4H3,(H,54,64)(H,55,65)(H,56,66)(H,57,67)(H,82,83)/t17-,18+,19+,20+,21+,22+,23+,24+,25+,26+,27+,28+,29+,30+,31-,32+,33+,34+,35+,36-,37-,38+,39-,40+,41+,42+,43+,44-,45-,46+,47-,48-,49-,50-,51+,53+/m0/s1. The van der Waals surface area contributed by atoms with E-state index in [4.69, 9.17) is 61.6 Å². The maximum Gasteiger partial charge on any atom is 0.364 e. The van der Waals surface area contributed by atoms with Gasteiger partial charge in [0.05, 0.1) is 58.4 Å². The Hall–Kier alpha value is -3.97. The van der Waals surface area contributed by atoms with Gasteiger partial charge in [-0.1, -0.05) is 0 Å². The lowest BCUT2D eigenvalue weighted by Gasteiger charge is -2.51. The Balaban J connectivity index is 1.10. The average Bonchev–Trinajstić information content (AvgIpc) is 0.776. The summed E-state index contributed by atoms with van der Waals surface area (Å²) in [5.41, 5.74) is 0. The molecule has 0 aliphatic carbocycles. The number of rotatable bonds is 26. The Morgan fingerprint density at radius 2 is 0.802 bits per heavy atom. The molecule has 7 rings (SSSR count). The number of hydrogen-bond acceptors (Lipinski definition) is 38. The number of carboxylic acids is 1. The molecule has 4 amide bonds. The first kappa shape index (κ1) is 79.4. The van der Waals surface area contributed by atoms with Crippen molar-refractivity contribution in [1.82, 2.24) is 21.3 Å². The number of carboxylic acid groups (broad SMARTS) is 1. The molecule has 554 valence electrons. The van der Waals surface area contributed by atoms with E-state index in [1.165, 1.54) is 0 Å². The Morgan fingerprint density at radius 1 is 0.417 bits per heavy atom. The smallest absolute Gasteiger partial charge is 0.364 e. The Labute approximate surface area is 543 Å². The average molecular weight is 1410 g/mol. The summed E-state index contributed by atoms with van der Waals surface area (Å²) >= 11 is 0. The van der Waals surface area contributed by atoms with Gasteiger partial charge in [-0.2, -0.15) is 0 Å². The molecule has 7 heterocycles. The molecule has 36 atom stereocenters. The number of aliphatic hydroxyl groups is 20. The lowest BCUT2D eigenvalue weighted by molar-refractivity contribution is -0.395. The molecule has 7 saturated heterocycles. The minimum atomic E-state index is -3.03. The largest absolute Gasteiger partial charge is 0.477 e. The van der Waals surface area contributed by atoms with Gasteiger partial charge in [0.1, 0.15) is 165 Å². The van der Waals surface area contributed by atoms with Gasteiger partial charge >= 0.3 is 5.97 Å². The van der Waals surface area contributed by atoms with E-state index < -0.39 is 303 Å². The van der Waals surface area contributed by atoms with Crippen LogP contribution in [-0.2, 0) is 85.6 Å². The lowest BCUT2D eigenvalue weighted by atomic mass is 9.88. The normalized spacial score (nSPS) is 46.0. The SMILES string of the molecule is CC(=O)N[C@@H]1[C@@H](O)[C@H](O[C@@H]2O[C@H](CO)[C@@H](O[C@@H]3O[C@H](CO)[C@@H](O)[C@H](O[C@H]4O[C@H](CO)[C@@H](O)[C@H](O)[C@@H]4O[C@@H]4O[C@H](CO)[C@@H](O[C@@H]5O[C@H](CO[C@]6(C(=O)O)C[C@H](O)[C@@H](NC(C)=O)[C@H]([C@H](O)[C@H](O)CO)O6)[C@H](O)[C@H](O)[C@H]5O)[C@H](O)[C@H]4NC(C)=O)[C@@H]3O)[C@H](O)[C@H]2NC(C)=O)[C@@H](CO)O[C@H]1O. The van der Waals surface area contributed by atoms with Crippen LogP contribution in [0.1, 0.15) is 34.1 Å².